The predicted molar refractivity (Wildman–Crippen MR) is 119 cm³/mol. The van der Waals surface area contributed by atoms with Gasteiger partial charge in [-0.3, -0.25) is 9.80 Å². The maximum atomic E-state index is 13.5. The third-order valence-corrected chi connectivity index (χ3v) is 7.69. The van der Waals surface area contributed by atoms with Gasteiger partial charge in [0.1, 0.15) is 0 Å². The van der Waals surface area contributed by atoms with Gasteiger partial charge in [-0.2, -0.15) is 8.42 Å². The number of fused-ring (bicyclic) bond motifs is 3. The van der Waals surface area contributed by atoms with Crippen LogP contribution < -0.4 is 0 Å². The van der Waals surface area contributed by atoms with Gasteiger partial charge in [-0.05, 0) is 41.8 Å². The van der Waals surface area contributed by atoms with Gasteiger partial charge in [-0.25, -0.2) is 0 Å². The predicted octanol–water partition coefficient (Wildman–Crippen LogP) is 4.64. The summed E-state index contributed by atoms with van der Waals surface area (Å²) in [6.07, 6.45) is 3.69. The Morgan fingerprint density at radius 1 is 0.871 bits per heavy atom. The molecule has 0 saturated carbocycles. The molecule has 2 heterocycles. The Morgan fingerprint density at radius 3 is 2.29 bits per heavy atom. The van der Waals surface area contributed by atoms with Gasteiger partial charge in [0, 0.05) is 18.5 Å². The maximum absolute atomic E-state index is 13.5. The van der Waals surface area contributed by atoms with Gasteiger partial charge in [-0.15, -0.1) is 4.41 Å². The third kappa shape index (κ3) is 3.24. The molecule has 5 nitrogen and oxygen atoms in total. The fraction of sp³-hybridized carbons (Fsp3) is 0.160. The number of sulfonamides is 1. The standard InChI is InChI=1S/C25H22N2O3S/c1-18-11-13-21(14-12-18)31(29,30)27-24(28)17-23(19-7-3-2-4-8-19)25-22-10-6-5-9-20(22)15-16-26(25)27/h2-16,23,25H,17H2,1H3/t23-,25?/m1/s1. The molecule has 2 aliphatic heterocycles. The molecule has 31 heavy (non-hydrogen) atoms. The lowest BCUT2D eigenvalue weighted by Gasteiger charge is -2.48. The summed E-state index contributed by atoms with van der Waals surface area (Å²) in [7, 11) is -4.05. The molecule has 5 rings (SSSR count). The monoisotopic (exact) mass is 430 g/mol. The zero-order valence-corrected chi connectivity index (χ0v) is 17.9. The summed E-state index contributed by atoms with van der Waals surface area (Å²) in [4.78, 5) is 13.4. The van der Waals surface area contributed by atoms with Gasteiger partial charge in [-0.1, -0.05) is 72.3 Å². The highest BCUT2D eigenvalue weighted by Gasteiger charge is 2.47. The van der Waals surface area contributed by atoms with E-state index in [1.807, 2.05) is 67.6 Å². The molecule has 3 aromatic carbocycles. The fourth-order valence-electron chi connectivity index (χ4n) is 4.47. The number of benzene rings is 3. The van der Waals surface area contributed by atoms with Crippen molar-refractivity contribution in [3.8, 4) is 0 Å². The maximum Gasteiger partial charge on any atom is 0.284 e. The lowest BCUT2D eigenvalue weighted by atomic mass is 9.80. The number of nitrogens with zero attached hydrogens (tertiary/aromatic N) is 2. The van der Waals surface area contributed by atoms with Crippen LogP contribution >= 0.6 is 0 Å². The number of hydrogen-bond acceptors (Lipinski definition) is 4. The number of aryl methyl sites for hydroxylation is 1. The highest BCUT2D eigenvalue weighted by Crippen LogP contribution is 2.47. The number of hydrazine groups is 1. The van der Waals surface area contributed by atoms with E-state index in [4.69, 9.17) is 0 Å². The van der Waals surface area contributed by atoms with Crippen molar-refractivity contribution in [2.75, 3.05) is 0 Å². The Balaban J connectivity index is 1.65. The minimum atomic E-state index is -4.05. The summed E-state index contributed by atoms with van der Waals surface area (Å²) in [5, 5.41) is 1.60. The zero-order chi connectivity index (χ0) is 21.6. The van der Waals surface area contributed by atoms with E-state index in [0.717, 1.165) is 26.7 Å². The Labute approximate surface area is 182 Å². The minimum Gasteiger partial charge on any atom is -0.272 e. The average Bonchev–Trinajstić information content (AvgIpc) is 2.79. The number of carbonyl (C=O) groups is 1. The molecule has 0 spiro atoms. The van der Waals surface area contributed by atoms with Crippen molar-refractivity contribution < 1.29 is 13.2 Å². The van der Waals surface area contributed by atoms with E-state index in [1.54, 1.807) is 35.5 Å². The molecule has 3 aromatic rings. The van der Waals surface area contributed by atoms with Crippen LogP contribution in [0, 0.1) is 6.92 Å². The molecule has 1 fully saturated rings. The average molecular weight is 431 g/mol. The molecular weight excluding hydrogens is 408 g/mol. The van der Waals surface area contributed by atoms with Crippen molar-refractivity contribution in [3.05, 3.63) is 107 Å². The molecule has 0 radical (unpaired) electrons. The second kappa shape index (κ2) is 7.39. The van der Waals surface area contributed by atoms with Crippen molar-refractivity contribution in [2.45, 2.75) is 30.2 Å². The first kappa shape index (κ1) is 19.6. The second-order valence-electron chi connectivity index (χ2n) is 7.95. The molecular formula is C25H22N2O3S. The van der Waals surface area contributed by atoms with E-state index in [1.165, 1.54) is 0 Å². The van der Waals surface area contributed by atoms with Crippen LogP contribution in [0.15, 0.2) is 90.0 Å². The van der Waals surface area contributed by atoms with E-state index in [0.29, 0.717) is 0 Å². The van der Waals surface area contributed by atoms with Crippen molar-refractivity contribution in [3.63, 3.8) is 0 Å². The summed E-state index contributed by atoms with van der Waals surface area (Å²) < 4.78 is 28.0. The molecule has 0 bridgehead atoms. The van der Waals surface area contributed by atoms with Gasteiger partial charge >= 0.3 is 0 Å². The summed E-state index contributed by atoms with van der Waals surface area (Å²) in [5.74, 6) is -0.598. The highest BCUT2D eigenvalue weighted by molar-refractivity contribution is 7.89. The first-order chi connectivity index (χ1) is 15.0. The third-order valence-electron chi connectivity index (χ3n) is 5.98. The van der Waals surface area contributed by atoms with Gasteiger partial charge < -0.3 is 0 Å². The number of hydrogen-bond donors (Lipinski definition) is 0. The summed E-state index contributed by atoms with van der Waals surface area (Å²) in [6, 6.07) is 24.1. The SMILES string of the molecule is Cc1ccc(S(=O)(=O)N2C(=O)C[C@H](c3ccccc3)C3c4ccccc4C=CN32)cc1. The molecule has 156 valence electrons. The first-order valence-electron chi connectivity index (χ1n) is 10.2. The van der Waals surface area contributed by atoms with Crippen LogP contribution in [0.4, 0.5) is 0 Å². The Morgan fingerprint density at radius 2 is 1.55 bits per heavy atom. The topological polar surface area (TPSA) is 57.7 Å². The molecule has 1 unspecified atom stereocenters. The van der Waals surface area contributed by atoms with Gasteiger partial charge in [0.15, 0.2) is 0 Å². The number of carbonyl (C=O) groups excluding carboxylic acids is 1. The molecule has 1 amide bonds. The molecule has 1 saturated heterocycles. The largest absolute Gasteiger partial charge is 0.284 e. The van der Waals surface area contributed by atoms with E-state index >= 15 is 0 Å². The first-order valence-corrected chi connectivity index (χ1v) is 11.7. The quantitative estimate of drug-likeness (QED) is 0.607. The lowest BCUT2D eigenvalue weighted by molar-refractivity contribution is -0.144. The van der Waals surface area contributed by atoms with Crippen LogP contribution in [0.3, 0.4) is 0 Å². The minimum absolute atomic E-state index is 0.107. The van der Waals surface area contributed by atoms with Crippen LogP contribution in [0.2, 0.25) is 0 Å². The smallest absolute Gasteiger partial charge is 0.272 e. The number of rotatable bonds is 3. The zero-order valence-electron chi connectivity index (χ0n) is 17.0. The van der Waals surface area contributed by atoms with Crippen LogP contribution in [-0.2, 0) is 14.8 Å². The van der Waals surface area contributed by atoms with E-state index in [-0.39, 0.29) is 23.3 Å². The summed E-state index contributed by atoms with van der Waals surface area (Å²) >= 11 is 0. The van der Waals surface area contributed by atoms with Crippen molar-refractivity contribution in [1.82, 2.24) is 9.42 Å². The van der Waals surface area contributed by atoms with Crippen LogP contribution in [0.25, 0.3) is 6.08 Å². The van der Waals surface area contributed by atoms with Crippen molar-refractivity contribution in [2.24, 2.45) is 0 Å². The van der Waals surface area contributed by atoms with E-state index in [2.05, 4.69) is 0 Å². The van der Waals surface area contributed by atoms with Crippen LogP contribution in [0.5, 0.6) is 0 Å². The molecule has 2 atom stereocenters. The molecule has 2 aliphatic rings. The van der Waals surface area contributed by atoms with Gasteiger partial charge in [0.2, 0.25) is 0 Å². The summed E-state index contributed by atoms with van der Waals surface area (Å²) in [6.45, 7) is 1.90. The van der Waals surface area contributed by atoms with Crippen LogP contribution in [0.1, 0.15) is 40.6 Å². The lowest BCUT2D eigenvalue weighted by Crippen LogP contribution is -2.55. The van der Waals surface area contributed by atoms with E-state index < -0.39 is 15.9 Å². The number of amides is 1. The van der Waals surface area contributed by atoms with Crippen molar-refractivity contribution in [1.29, 1.82) is 0 Å². The second-order valence-corrected chi connectivity index (χ2v) is 9.71. The molecule has 0 aromatic heterocycles. The molecule has 0 aliphatic carbocycles. The molecule has 0 N–H and O–H groups in total. The normalized spacial score (nSPS) is 20.4. The fourth-order valence-corrected chi connectivity index (χ4v) is 5.90. The van der Waals surface area contributed by atoms with Crippen LogP contribution in [-0.4, -0.2) is 23.7 Å². The van der Waals surface area contributed by atoms with Gasteiger partial charge in [0.05, 0.1) is 10.9 Å². The highest BCUT2D eigenvalue weighted by atomic mass is 32.2. The summed E-state index contributed by atoms with van der Waals surface area (Å²) in [5.41, 5.74) is 4.02. The molecule has 6 heteroatoms. The van der Waals surface area contributed by atoms with Crippen molar-refractivity contribution >= 4 is 22.0 Å². The van der Waals surface area contributed by atoms with Gasteiger partial charge in [0.25, 0.3) is 15.9 Å². The Hall–Kier alpha value is -3.38. The Bertz CT molecular complexity index is 1270. The Kier molecular flexibility index (Phi) is 4.67. The van der Waals surface area contributed by atoms with E-state index in [9.17, 15) is 13.2 Å².